The van der Waals surface area contributed by atoms with Crippen molar-refractivity contribution < 1.29 is 36.6 Å². The maximum absolute atomic E-state index is 15.4. The third-order valence-corrected chi connectivity index (χ3v) is 8.96. The summed E-state index contributed by atoms with van der Waals surface area (Å²) < 4.78 is 73.8. The van der Waals surface area contributed by atoms with Crippen molar-refractivity contribution in [2.75, 3.05) is 38.7 Å². The largest absolute Gasteiger partial charge is 0.493 e. The Morgan fingerprint density at radius 2 is 1.75 bits per heavy atom. The summed E-state index contributed by atoms with van der Waals surface area (Å²) in [6, 6.07) is 12.2. The van der Waals surface area contributed by atoms with Crippen LogP contribution in [0.25, 0.3) is 16.6 Å². The van der Waals surface area contributed by atoms with Crippen LogP contribution in [0, 0.1) is 11.7 Å². The lowest BCUT2D eigenvalue weighted by Crippen LogP contribution is -2.43. The van der Waals surface area contributed by atoms with Gasteiger partial charge >= 0.3 is 11.9 Å². The van der Waals surface area contributed by atoms with Crippen LogP contribution in [0.1, 0.15) is 42.2 Å². The standard InChI is InChI=1S/C37H36F4N6O6/c1-22-11-15-46(16-12-22)14-5-17-52-32-21-28-26(20-31(32)51-3)29(10-13-42-28)53-30-9-8-24(19-27(30)38)43-34(48)33-35(49)45(2)36(50)47(44-33)25-7-4-6-23(18-25)37(39,40)41/h4,6-10,13,18-22H,5,11-12,14-17H2,1-3H3,(H,43,48). The molecule has 1 aliphatic rings. The van der Waals surface area contributed by atoms with Crippen LogP contribution < -0.4 is 30.8 Å². The average Bonchev–Trinajstić information content (AvgIpc) is 3.13. The van der Waals surface area contributed by atoms with Gasteiger partial charge < -0.3 is 24.4 Å². The van der Waals surface area contributed by atoms with E-state index >= 15 is 4.39 Å². The van der Waals surface area contributed by atoms with Gasteiger partial charge in [0.2, 0.25) is 5.69 Å². The number of piperidine rings is 1. The summed E-state index contributed by atoms with van der Waals surface area (Å²) in [6.45, 7) is 5.90. The predicted octanol–water partition coefficient (Wildman–Crippen LogP) is 6.19. The molecule has 0 atom stereocenters. The minimum Gasteiger partial charge on any atom is -0.493 e. The molecule has 0 spiro atoms. The van der Waals surface area contributed by atoms with Crippen molar-refractivity contribution in [3.05, 3.63) is 105 Å². The molecule has 0 saturated carbocycles. The molecule has 2 aromatic heterocycles. The molecule has 0 aliphatic carbocycles. The summed E-state index contributed by atoms with van der Waals surface area (Å²) in [5, 5.41) is 6.61. The summed E-state index contributed by atoms with van der Waals surface area (Å²) in [6.07, 6.45) is 0.0424. The number of carbonyl (C=O) groups is 1. The molecule has 278 valence electrons. The highest BCUT2D eigenvalue weighted by atomic mass is 19.4. The molecule has 1 N–H and O–H groups in total. The zero-order chi connectivity index (χ0) is 37.9. The number of fused-ring (bicyclic) bond motifs is 1. The molecule has 0 unspecified atom stereocenters. The molecular weight excluding hydrogens is 700 g/mol. The number of nitrogens with one attached hydrogen (secondary N) is 1. The van der Waals surface area contributed by atoms with Crippen LogP contribution in [-0.2, 0) is 13.2 Å². The van der Waals surface area contributed by atoms with Crippen LogP contribution in [0.15, 0.2) is 76.4 Å². The lowest BCUT2D eigenvalue weighted by molar-refractivity contribution is -0.137. The third-order valence-electron chi connectivity index (χ3n) is 8.96. The predicted molar refractivity (Wildman–Crippen MR) is 188 cm³/mol. The summed E-state index contributed by atoms with van der Waals surface area (Å²) in [5.74, 6) is -0.225. The van der Waals surface area contributed by atoms with Crippen LogP contribution in [0.4, 0.5) is 23.2 Å². The Morgan fingerprint density at radius 3 is 2.47 bits per heavy atom. The number of anilines is 1. The number of halogens is 4. The molecule has 16 heteroatoms. The minimum absolute atomic E-state index is 0.0987. The first-order valence-corrected chi connectivity index (χ1v) is 16.8. The maximum Gasteiger partial charge on any atom is 0.416 e. The quantitative estimate of drug-likeness (QED) is 0.125. The Bertz CT molecular complexity index is 2270. The molecular formula is C37H36F4N6O6. The van der Waals surface area contributed by atoms with E-state index in [0.29, 0.717) is 44.3 Å². The number of rotatable bonds is 11. The first kappa shape index (κ1) is 37.0. The van der Waals surface area contributed by atoms with E-state index in [1.165, 1.54) is 38.3 Å². The number of hydrogen-bond acceptors (Lipinski definition) is 9. The number of amides is 1. The molecule has 0 bridgehead atoms. The highest BCUT2D eigenvalue weighted by Crippen LogP contribution is 2.38. The van der Waals surface area contributed by atoms with Crippen molar-refractivity contribution >= 4 is 22.5 Å². The summed E-state index contributed by atoms with van der Waals surface area (Å²) in [4.78, 5) is 45.5. The van der Waals surface area contributed by atoms with Gasteiger partial charge in [-0.25, -0.2) is 9.18 Å². The van der Waals surface area contributed by atoms with Crippen molar-refractivity contribution in [2.24, 2.45) is 13.0 Å². The first-order chi connectivity index (χ1) is 25.3. The number of carbonyl (C=O) groups excluding carboxylic acids is 1. The van der Waals surface area contributed by atoms with E-state index in [9.17, 15) is 27.6 Å². The molecule has 5 aromatic rings. The van der Waals surface area contributed by atoms with E-state index in [4.69, 9.17) is 14.2 Å². The van der Waals surface area contributed by atoms with E-state index in [0.717, 1.165) is 63.3 Å². The summed E-state index contributed by atoms with van der Waals surface area (Å²) in [7, 11) is 2.56. The summed E-state index contributed by atoms with van der Waals surface area (Å²) in [5.41, 5.74) is -3.99. The van der Waals surface area contributed by atoms with Crippen molar-refractivity contribution in [3.63, 3.8) is 0 Å². The van der Waals surface area contributed by atoms with Crippen LogP contribution >= 0.6 is 0 Å². The van der Waals surface area contributed by atoms with Crippen molar-refractivity contribution in [2.45, 2.75) is 32.4 Å². The molecule has 1 saturated heterocycles. The van der Waals surface area contributed by atoms with E-state index < -0.39 is 40.4 Å². The number of aromatic nitrogens is 4. The SMILES string of the molecule is COc1cc2c(Oc3ccc(NC(=O)c4nn(-c5cccc(C(F)(F)F)c5)c(=O)n(C)c4=O)cc3F)ccnc2cc1OCCCN1CCC(C)CC1. The Balaban J connectivity index is 1.17. The minimum atomic E-state index is -4.72. The number of nitrogens with zero attached hydrogens (tertiary/aromatic N) is 5. The Labute approximate surface area is 300 Å². The van der Waals surface area contributed by atoms with Gasteiger partial charge in [-0.1, -0.05) is 13.0 Å². The smallest absolute Gasteiger partial charge is 0.416 e. The highest BCUT2D eigenvalue weighted by Gasteiger charge is 2.31. The normalized spacial score (nSPS) is 13.9. The van der Waals surface area contributed by atoms with Crippen LogP contribution in [0.3, 0.4) is 0 Å². The molecule has 3 heterocycles. The Hall–Kier alpha value is -5.77. The molecule has 1 amide bonds. The second-order valence-corrected chi connectivity index (χ2v) is 12.7. The average molecular weight is 737 g/mol. The molecule has 3 aromatic carbocycles. The fourth-order valence-corrected chi connectivity index (χ4v) is 5.91. The maximum atomic E-state index is 15.4. The van der Waals surface area contributed by atoms with Gasteiger partial charge in [-0.15, -0.1) is 0 Å². The van der Waals surface area contributed by atoms with Gasteiger partial charge in [0.1, 0.15) is 5.75 Å². The number of hydrogen-bond donors (Lipinski definition) is 1. The van der Waals surface area contributed by atoms with Crippen LogP contribution in [0.2, 0.25) is 0 Å². The lowest BCUT2D eigenvalue weighted by Gasteiger charge is -2.30. The zero-order valence-electron chi connectivity index (χ0n) is 29.1. The molecule has 0 radical (unpaired) electrons. The fourth-order valence-electron chi connectivity index (χ4n) is 5.91. The van der Waals surface area contributed by atoms with Crippen LogP contribution in [-0.4, -0.2) is 63.5 Å². The molecule has 53 heavy (non-hydrogen) atoms. The Morgan fingerprint density at radius 1 is 0.981 bits per heavy atom. The number of benzene rings is 3. The molecule has 12 nitrogen and oxygen atoms in total. The fraction of sp³-hybridized carbons (Fsp3) is 0.324. The van der Waals surface area contributed by atoms with Crippen molar-refractivity contribution in [1.82, 2.24) is 24.2 Å². The summed E-state index contributed by atoms with van der Waals surface area (Å²) >= 11 is 0. The number of ether oxygens (including phenoxy) is 3. The van der Waals surface area contributed by atoms with E-state index in [-0.39, 0.29) is 22.9 Å². The highest BCUT2D eigenvalue weighted by molar-refractivity contribution is 6.02. The number of likely N-dealkylation sites (tertiary alicyclic amines) is 1. The van der Waals surface area contributed by atoms with Crippen molar-refractivity contribution in [1.29, 1.82) is 0 Å². The molecule has 1 aliphatic heterocycles. The van der Waals surface area contributed by atoms with Gasteiger partial charge in [-0.2, -0.15) is 23.0 Å². The van der Waals surface area contributed by atoms with Gasteiger partial charge in [0.25, 0.3) is 11.5 Å². The van der Waals surface area contributed by atoms with Crippen LogP contribution in [0.5, 0.6) is 23.0 Å². The zero-order valence-corrected chi connectivity index (χ0v) is 29.1. The number of alkyl halides is 3. The lowest BCUT2D eigenvalue weighted by atomic mass is 9.99. The van der Waals surface area contributed by atoms with Gasteiger partial charge in [0.15, 0.2) is 23.1 Å². The van der Waals surface area contributed by atoms with Gasteiger partial charge in [0.05, 0.1) is 30.5 Å². The first-order valence-electron chi connectivity index (χ1n) is 16.8. The molecule has 6 rings (SSSR count). The molecule has 1 fully saturated rings. The van der Waals surface area contributed by atoms with Gasteiger partial charge in [-0.3, -0.25) is 19.1 Å². The Kier molecular flexibility index (Phi) is 10.8. The topological polar surface area (TPSA) is 130 Å². The van der Waals surface area contributed by atoms with E-state index in [1.54, 1.807) is 18.2 Å². The third kappa shape index (κ3) is 8.32. The van der Waals surface area contributed by atoms with Gasteiger partial charge in [-0.05, 0) is 80.7 Å². The van der Waals surface area contributed by atoms with E-state index in [1.807, 2.05) is 0 Å². The van der Waals surface area contributed by atoms with Gasteiger partial charge in [0, 0.05) is 43.0 Å². The van der Waals surface area contributed by atoms with Crippen molar-refractivity contribution in [3.8, 4) is 28.7 Å². The number of methoxy groups -OCH3 is 1. The number of pyridine rings is 1. The second kappa shape index (κ2) is 15.5. The second-order valence-electron chi connectivity index (χ2n) is 12.7. The monoisotopic (exact) mass is 736 g/mol. The van der Waals surface area contributed by atoms with E-state index in [2.05, 4.69) is 27.2 Å².